The molecule has 112 valence electrons. The van der Waals surface area contributed by atoms with Gasteiger partial charge in [-0.25, -0.2) is 0 Å². The quantitative estimate of drug-likeness (QED) is 0.800. The van der Waals surface area contributed by atoms with E-state index in [9.17, 15) is 0 Å². The van der Waals surface area contributed by atoms with Gasteiger partial charge in [0.15, 0.2) is 0 Å². The number of nitrogens with one attached hydrogen (secondary N) is 1. The monoisotopic (exact) mass is 292 g/mol. The van der Waals surface area contributed by atoms with Crippen molar-refractivity contribution in [2.45, 2.75) is 63.6 Å². The molecule has 1 aromatic rings. The molecule has 2 fully saturated rings. The van der Waals surface area contributed by atoms with Crippen molar-refractivity contribution < 1.29 is 0 Å². The topological polar surface area (TPSA) is 15.3 Å². The van der Waals surface area contributed by atoms with E-state index in [1.54, 1.807) is 0 Å². The van der Waals surface area contributed by atoms with Gasteiger partial charge in [-0.3, -0.25) is 4.90 Å². The summed E-state index contributed by atoms with van der Waals surface area (Å²) in [5, 5.41) is 8.12. The van der Waals surface area contributed by atoms with Crippen molar-refractivity contribution in [3.8, 4) is 0 Å². The lowest BCUT2D eigenvalue weighted by Crippen LogP contribution is -2.41. The fourth-order valence-electron chi connectivity index (χ4n) is 3.68. The van der Waals surface area contributed by atoms with E-state index in [-0.39, 0.29) is 0 Å². The first kappa shape index (κ1) is 14.6. The molecule has 0 amide bonds. The highest BCUT2D eigenvalue weighted by atomic mass is 32.1. The van der Waals surface area contributed by atoms with Crippen molar-refractivity contribution in [2.24, 2.45) is 5.92 Å². The summed E-state index contributed by atoms with van der Waals surface area (Å²) < 4.78 is 0. The second kappa shape index (κ2) is 7.06. The Labute approximate surface area is 127 Å². The minimum Gasteiger partial charge on any atom is -0.317 e. The summed E-state index contributed by atoms with van der Waals surface area (Å²) >= 11 is 1.83. The molecule has 0 aliphatic heterocycles. The molecule has 1 heterocycles. The van der Waals surface area contributed by atoms with Gasteiger partial charge in [0, 0.05) is 25.2 Å². The molecule has 0 spiro atoms. The number of hydrogen-bond donors (Lipinski definition) is 1. The van der Waals surface area contributed by atoms with Crippen LogP contribution in [0.5, 0.6) is 0 Å². The molecule has 20 heavy (non-hydrogen) atoms. The van der Waals surface area contributed by atoms with Gasteiger partial charge in [0.1, 0.15) is 0 Å². The van der Waals surface area contributed by atoms with E-state index < -0.39 is 0 Å². The van der Waals surface area contributed by atoms with E-state index in [1.807, 2.05) is 11.3 Å². The molecule has 3 rings (SSSR count). The Bertz CT molecular complexity index is 386. The highest BCUT2D eigenvalue weighted by molar-refractivity contribution is 7.07. The largest absolute Gasteiger partial charge is 0.317 e. The normalized spacial score (nSPS) is 27.7. The van der Waals surface area contributed by atoms with Gasteiger partial charge in [-0.15, -0.1) is 0 Å². The van der Waals surface area contributed by atoms with Crippen LogP contribution in [0.3, 0.4) is 0 Å². The van der Waals surface area contributed by atoms with E-state index in [2.05, 4.69) is 34.1 Å². The lowest BCUT2D eigenvalue weighted by molar-refractivity contribution is 0.182. The molecule has 0 saturated heterocycles. The third kappa shape index (κ3) is 3.84. The maximum absolute atomic E-state index is 3.59. The van der Waals surface area contributed by atoms with Gasteiger partial charge in [0.2, 0.25) is 0 Å². The minimum absolute atomic E-state index is 0.737. The van der Waals surface area contributed by atoms with Crippen molar-refractivity contribution in [3.05, 3.63) is 22.4 Å². The summed E-state index contributed by atoms with van der Waals surface area (Å²) in [7, 11) is 2.16. The van der Waals surface area contributed by atoms with Crippen LogP contribution in [0.4, 0.5) is 0 Å². The van der Waals surface area contributed by atoms with Crippen LogP contribution >= 0.6 is 11.3 Å². The number of nitrogens with zero attached hydrogens (tertiary/aromatic N) is 1. The average molecular weight is 292 g/mol. The lowest BCUT2D eigenvalue weighted by Gasteiger charge is -2.31. The molecule has 0 radical (unpaired) electrons. The van der Waals surface area contributed by atoms with Crippen LogP contribution in [0.1, 0.15) is 50.5 Å². The first-order valence-corrected chi connectivity index (χ1v) is 9.23. The molecule has 2 saturated carbocycles. The lowest BCUT2D eigenvalue weighted by atomic mass is 9.94. The highest BCUT2D eigenvalue weighted by Gasteiger charge is 2.32. The minimum atomic E-state index is 0.737. The predicted octanol–water partition coefficient (Wildman–Crippen LogP) is 3.88. The fraction of sp³-hybridized carbons (Fsp3) is 0.765. The van der Waals surface area contributed by atoms with Crippen LogP contribution in [-0.2, 0) is 6.54 Å². The third-order valence-corrected chi connectivity index (χ3v) is 5.76. The maximum atomic E-state index is 3.59. The Morgan fingerprint density at radius 2 is 2.05 bits per heavy atom. The molecule has 3 heteroatoms. The van der Waals surface area contributed by atoms with Gasteiger partial charge >= 0.3 is 0 Å². The Kier molecular flexibility index (Phi) is 5.14. The van der Waals surface area contributed by atoms with Gasteiger partial charge in [-0.2, -0.15) is 11.3 Å². The summed E-state index contributed by atoms with van der Waals surface area (Å²) in [5.74, 6) is 0.849. The maximum Gasteiger partial charge on any atom is 0.0245 e. The van der Waals surface area contributed by atoms with E-state index in [1.165, 1.54) is 63.6 Å². The van der Waals surface area contributed by atoms with E-state index in [0.29, 0.717) is 0 Å². The molecule has 2 nitrogen and oxygen atoms in total. The first-order valence-electron chi connectivity index (χ1n) is 8.29. The van der Waals surface area contributed by atoms with Crippen LogP contribution in [-0.4, -0.2) is 30.6 Å². The molecular weight excluding hydrogens is 264 g/mol. The van der Waals surface area contributed by atoms with Crippen molar-refractivity contribution in [1.82, 2.24) is 10.2 Å². The second-order valence-electron chi connectivity index (χ2n) is 6.59. The van der Waals surface area contributed by atoms with Crippen LogP contribution < -0.4 is 5.32 Å². The van der Waals surface area contributed by atoms with Crippen molar-refractivity contribution >= 4 is 11.3 Å². The SMILES string of the molecule is CNC1CCCCCC1CN(Cc1ccsc1)C1CC1. The molecule has 2 atom stereocenters. The van der Waals surface area contributed by atoms with Gasteiger partial charge in [0.25, 0.3) is 0 Å². The van der Waals surface area contributed by atoms with Crippen molar-refractivity contribution in [1.29, 1.82) is 0 Å². The van der Waals surface area contributed by atoms with E-state index in [0.717, 1.165) is 18.0 Å². The third-order valence-electron chi connectivity index (χ3n) is 5.03. The Morgan fingerprint density at radius 3 is 2.75 bits per heavy atom. The van der Waals surface area contributed by atoms with Crippen LogP contribution in [0.2, 0.25) is 0 Å². The molecule has 1 N–H and O–H groups in total. The summed E-state index contributed by atoms with van der Waals surface area (Å²) in [6.07, 6.45) is 9.90. The van der Waals surface area contributed by atoms with Gasteiger partial charge < -0.3 is 5.32 Å². The summed E-state index contributed by atoms with van der Waals surface area (Å²) in [6.45, 7) is 2.47. The average Bonchev–Trinajstić information content (AvgIpc) is 3.22. The zero-order chi connectivity index (χ0) is 13.8. The number of hydrogen-bond acceptors (Lipinski definition) is 3. The summed E-state index contributed by atoms with van der Waals surface area (Å²) in [5.41, 5.74) is 1.51. The molecule has 0 bridgehead atoms. The van der Waals surface area contributed by atoms with Crippen LogP contribution in [0.25, 0.3) is 0 Å². The molecule has 2 aliphatic carbocycles. The Hall–Kier alpha value is -0.380. The first-order chi connectivity index (χ1) is 9.86. The van der Waals surface area contributed by atoms with Crippen LogP contribution in [0.15, 0.2) is 16.8 Å². The predicted molar refractivity (Wildman–Crippen MR) is 87.2 cm³/mol. The molecular formula is C17H28N2S. The summed E-state index contributed by atoms with van der Waals surface area (Å²) in [6, 6.07) is 3.90. The molecule has 2 aliphatic rings. The van der Waals surface area contributed by atoms with Gasteiger partial charge in [-0.1, -0.05) is 19.3 Å². The van der Waals surface area contributed by atoms with E-state index in [4.69, 9.17) is 0 Å². The van der Waals surface area contributed by atoms with Crippen molar-refractivity contribution in [2.75, 3.05) is 13.6 Å². The second-order valence-corrected chi connectivity index (χ2v) is 7.37. The van der Waals surface area contributed by atoms with Gasteiger partial charge in [-0.05, 0) is 61.0 Å². The zero-order valence-electron chi connectivity index (χ0n) is 12.7. The van der Waals surface area contributed by atoms with Gasteiger partial charge in [0.05, 0.1) is 0 Å². The standard InChI is InChI=1S/C17H28N2S/c1-18-17-6-4-2-3-5-15(17)12-19(16-7-8-16)11-14-9-10-20-13-14/h9-10,13,15-18H,2-8,11-12H2,1H3. The van der Waals surface area contributed by atoms with Crippen molar-refractivity contribution in [3.63, 3.8) is 0 Å². The highest BCUT2D eigenvalue weighted by Crippen LogP contribution is 2.32. The Balaban J connectivity index is 1.62. The van der Waals surface area contributed by atoms with Crippen LogP contribution in [0, 0.1) is 5.92 Å². The van der Waals surface area contributed by atoms with E-state index >= 15 is 0 Å². The molecule has 1 aromatic heterocycles. The smallest absolute Gasteiger partial charge is 0.0245 e. The number of thiophene rings is 1. The fourth-order valence-corrected chi connectivity index (χ4v) is 4.34. The molecule has 2 unspecified atom stereocenters. The molecule has 0 aromatic carbocycles. The summed E-state index contributed by atoms with van der Waals surface area (Å²) in [4.78, 5) is 2.77. The Morgan fingerprint density at radius 1 is 1.20 bits per heavy atom. The number of rotatable bonds is 6. The zero-order valence-corrected chi connectivity index (χ0v) is 13.5.